The summed E-state index contributed by atoms with van der Waals surface area (Å²) in [5.41, 5.74) is 2.83. The Balaban J connectivity index is 1.82. The molecule has 1 aromatic heterocycles. The van der Waals surface area contributed by atoms with Crippen molar-refractivity contribution in [2.45, 2.75) is 19.9 Å². The number of thiocarbonyl (C=S) groups is 1. The van der Waals surface area contributed by atoms with Gasteiger partial charge in [0.05, 0.1) is 25.8 Å². The van der Waals surface area contributed by atoms with Gasteiger partial charge in [0.25, 0.3) is 5.91 Å². The predicted octanol–water partition coefficient (Wildman–Crippen LogP) is 4.35. The number of amides is 1. The van der Waals surface area contributed by atoms with Crippen molar-refractivity contribution < 1.29 is 18.8 Å². The average molecular weight is 465 g/mol. The highest BCUT2D eigenvalue weighted by Crippen LogP contribution is 2.37. The van der Waals surface area contributed by atoms with Crippen LogP contribution in [0.3, 0.4) is 0 Å². The van der Waals surface area contributed by atoms with E-state index in [1.807, 2.05) is 54.3 Å². The second kappa shape index (κ2) is 9.33. The summed E-state index contributed by atoms with van der Waals surface area (Å²) in [5.74, 6) is 1.76. The monoisotopic (exact) mass is 464 g/mol. The van der Waals surface area contributed by atoms with E-state index in [0.717, 1.165) is 11.3 Å². The maximum absolute atomic E-state index is 13.5. The van der Waals surface area contributed by atoms with E-state index >= 15 is 0 Å². The first-order chi connectivity index (χ1) is 15.9. The van der Waals surface area contributed by atoms with Gasteiger partial charge in [-0.15, -0.1) is 0 Å². The van der Waals surface area contributed by atoms with Crippen LogP contribution in [0.5, 0.6) is 11.5 Å². The van der Waals surface area contributed by atoms with Crippen molar-refractivity contribution in [1.29, 1.82) is 0 Å². The van der Waals surface area contributed by atoms with E-state index in [-0.39, 0.29) is 5.91 Å². The maximum Gasteiger partial charge on any atom is 0.257 e. The maximum atomic E-state index is 13.5. The number of anilines is 2. The molecule has 0 spiro atoms. The number of para-hydroxylation sites is 1. The average Bonchev–Trinajstić information content (AvgIpc) is 3.23. The first kappa shape index (κ1) is 22.3. The van der Waals surface area contributed by atoms with E-state index in [9.17, 15) is 4.79 Å². The smallest absolute Gasteiger partial charge is 0.257 e. The van der Waals surface area contributed by atoms with Gasteiger partial charge in [-0.2, -0.15) is 0 Å². The minimum atomic E-state index is -0.523. The van der Waals surface area contributed by atoms with Crippen molar-refractivity contribution in [2.24, 2.45) is 0 Å². The van der Waals surface area contributed by atoms with E-state index in [0.29, 0.717) is 39.5 Å². The van der Waals surface area contributed by atoms with Crippen molar-refractivity contribution in [3.05, 3.63) is 77.2 Å². The SMILES string of the molecule is COc1ccc([C@@H]2NC(=S)N(c3ccccc3)C(C)=C2C(=O)Nc2cc(C)on2)cc1OC. The van der Waals surface area contributed by atoms with Crippen molar-refractivity contribution >= 4 is 34.7 Å². The van der Waals surface area contributed by atoms with E-state index in [4.69, 9.17) is 26.2 Å². The quantitative estimate of drug-likeness (QED) is 0.521. The fourth-order valence-corrected chi connectivity index (χ4v) is 4.18. The van der Waals surface area contributed by atoms with E-state index in [1.54, 1.807) is 33.3 Å². The highest BCUT2D eigenvalue weighted by molar-refractivity contribution is 7.80. The number of hydrogen-bond donors (Lipinski definition) is 2. The summed E-state index contributed by atoms with van der Waals surface area (Å²) in [5, 5.41) is 10.5. The van der Waals surface area contributed by atoms with E-state index in [1.165, 1.54) is 0 Å². The molecule has 8 nitrogen and oxygen atoms in total. The Morgan fingerprint density at radius 2 is 1.82 bits per heavy atom. The number of benzene rings is 2. The van der Waals surface area contributed by atoms with Crippen molar-refractivity contribution in [2.75, 3.05) is 24.4 Å². The van der Waals surface area contributed by atoms with Crippen molar-refractivity contribution in [3.8, 4) is 11.5 Å². The molecule has 3 aromatic rings. The number of carbonyl (C=O) groups excluding carboxylic acids is 1. The Labute approximate surface area is 197 Å². The van der Waals surface area contributed by atoms with Gasteiger partial charge < -0.3 is 24.6 Å². The third-order valence-corrected chi connectivity index (χ3v) is 5.65. The van der Waals surface area contributed by atoms with E-state index in [2.05, 4.69) is 15.8 Å². The van der Waals surface area contributed by atoms with E-state index < -0.39 is 6.04 Å². The van der Waals surface area contributed by atoms with Gasteiger partial charge in [-0.05, 0) is 55.9 Å². The number of hydrogen-bond acceptors (Lipinski definition) is 6. The fraction of sp³-hybridized carbons (Fsp3) is 0.208. The van der Waals surface area contributed by atoms with Crippen LogP contribution >= 0.6 is 12.2 Å². The van der Waals surface area contributed by atoms with Gasteiger partial charge in [-0.1, -0.05) is 29.4 Å². The molecule has 4 rings (SSSR count). The molecule has 1 aliphatic rings. The zero-order chi connectivity index (χ0) is 23.5. The van der Waals surface area contributed by atoms with Gasteiger partial charge in [-0.3, -0.25) is 9.69 Å². The van der Waals surface area contributed by atoms with Crippen LogP contribution in [-0.2, 0) is 4.79 Å². The van der Waals surface area contributed by atoms with Crippen LogP contribution in [-0.4, -0.2) is 30.4 Å². The van der Waals surface area contributed by atoms with Gasteiger partial charge in [0.2, 0.25) is 0 Å². The molecule has 9 heteroatoms. The van der Waals surface area contributed by atoms with Crippen LogP contribution in [0.2, 0.25) is 0 Å². The van der Waals surface area contributed by atoms with Crippen LogP contribution < -0.4 is 25.0 Å². The zero-order valence-corrected chi connectivity index (χ0v) is 19.5. The van der Waals surface area contributed by atoms with Crippen molar-refractivity contribution in [3.63, 3.8) is 0 Å². The number of allylic oxidation sites excluding steroid dienone is 1. The number of nitrogens with zero attached hydrogens (tertiary/aromatic N) is 2. The summed E-state index contributed by atoms with van der Waals surface area (Å²) in [4.78, 5) is 15.4. The number of aryl methyl sites for hydroxylation is 1. The van der Waals surface area contributed by atoms with Gasteiger partial charge in [0, 0.05) is 17.5 Å². The Morgan fingerprint density at radius 1 is 1.09 bits per heavy atom. The van der Waals surface area contributed by atoms with Crippen LogP contribution in [0, 0.1) is 6.92 Å². The molecule has 2 N–H and O–H groups in total. The molecular weight excluding hydrogens is 440 g/mol. The molecule has 0 unspecified atom stereocenters. The summed E-state index contributed by atoms with van der Waals surface area (Å²) in [7, 11) is 3.14. The normalized spacial score (nSPS) is 15.8. The Morgan fingerprint density at radius 3 is 2.45 bits per heavy atom. The fourth-order valence-electron chi connectivity index (χ4n) is 3.82. The molecule has 33 heavy (non-hydrogen) atoms. The molecule has 1 atom stereocenters. The molecule has 0 fully saturated rings. The number of rotatable bonds is 6. The second-order valence-corrected chi connectivity index (χ2v) is 7.83. The molecule has 0 bridgehead atoms. The molecular formula is C24H24N4O4S. The lowest BCUT2D eigenvalue weighted by Crippen LogP contribution is -2.48. The number of methoxy groups -OCH3 is 2. The standard InChI is InChI=1S/C24H24N4O4S/c1-14-12-20(27-32-14)25-23(29)21-15(2)28(17-8-6-5-7-9-17)24(33)26-22(21)16-10-11-18(30-3)19(13-16)31-4/h5-13,22H,1-4H3,(H,26,33)(H,25,27,29)/t22-/m0/s1. The Hall–Kier alpha value is -3.85. The van der Waals surface area contributed by atoms with Gasteiger partial charge in [0.15, 0.2) is 22.4 Å². The topological polar surface area (TPSA) is 88.9 Å². The Bertz CT molecular complexity index is 1220. The van der Waals surface area contributed by atoms with Gasteiger partial charge in [0.1, 0.15) is 5.76 Å². The number of aromatic nitrogens is 1. The largest absolute Gasteiger partial charge is 0.493 e. The molecule has 1 aliphatic heterocycles. The second-order valence-electron chi connectivity index (χ2n) is 7.44. The summed E-state index contributed by atoms with van der Waals surface area (Å²) in [6.07, 6.45) is 0. The molecule has 0 aliphatic carbocycles. The molecule has 0 radical (unpaired) electrons. The molecule has 2 aromatic carbocycles. The number of carbonyl (C=O) groups is 1. The number of nitrogens with one attached hydrogen (secondary N) is 2. The predicted molar refractivity (Wildman–Crippen MR) is 130 cm³/mol. The number of ether oxygens (including phenoxy) is 2. The van der Waals surface area contributed by atoms with Crippen LogP contribution in [0.25, 0.3) is 0 Å². The summed E-state index contributed by atoms with van der Waals surface area (Å²) in [6, 6.07) is 16.3. The highest BCUT2D eigenvalue weighted by Gasteiger charge is 2.35. The minimum absolute atomic E-state index is 0.323. The summed E-state index contributed by atoms with van der Waals surface area (Å²) < 4.78 is 15.9. The molecule has 1 amide bonds. The van der Waals surface area contributed by atoms with Crippen LogP contribution in [0.1, 0.15) is 24.3 Å². The first-order valence-corrected chi connectivity index (χ1v) is 10.7. The highest BCUT2D eigenvalue weighted by atomic mass is 32.1. The molecule has 0 saturated carbocycles. The van der Waals surface area contributed by atoms with Crippen LogP contribution in [0.15, 0.2) is 70.4 Å². The zero-order valence-electron chi connectivity index (χ0n) is 18.7. The van der Waals surface area contributed by atoms with Crippen LogP contribution in [0.4, 0.5) is 11.5 Å². The van der Waals surface area contributed by atoms with Gasteiger partial charge in [-0.25, -0.2) is 0 Å². The van der Waals surface area contributed by atoms with Gasteiger partial charge >= 0.3 is 0 Å². The lowest BCUT2D eigenvalue weighted by Gasteiger charge is -2.38. The third kappa shape index (κ3) is 4.40. The van der Waals surface area contributed by atoms with Crippen molar-refractivity contribution in [1.82, 2.24) is 10.5 Å². The molecule has 0 saturated heterocycles. The Kier molecular flexibility index (Phi) is 6.32. The lowest BCUT2D eigenvalue weighted by atomic mass is 9.93. The lowest BCUT2D eigenvalue weighted by molar-refractivity contribution is -0.113. The summed E-state index contributed by atoms with van der Waals surface area (Å²) >= 11 is 5.71. The molecule has 2 heterocycles. The first-order valence-electron chi connectivity index (χ1n) is 10.3. The summed E-state index contributed by atoms with van der Waals surface area (Å²) in [6.45, 7) is 3.63. The third-order valence-electron chi connectivity index (χ3n) is 5.35. The molecule has 170 valence electrons. The minimum Gasteiger partial charge on any atom is -0.493 e.